The second-order valence-electron chi connectivity index (χ2n) is 4.23. The molecule has 0 radical (unpaired) electrons. The number of hydrogen-bond acceptors (Lipinski definition) is 3. The minimum atomic E-state index is -3.31. The summed E-state index contributed by atoms with van der Waals surface area (Å²) in [6.07, 6.45) is 4.33. The van der Waals surface area contributed by atoms with Crippen molar-refractivity contribution in [1.29, 1.82) is 0 Å². The van der Waals surface area contributed by atoms with Gasteiger partial charge in [-0.3, -0.25) is 0 Å². The molecule has 0 aliphatic carbocycles. The molecule has 3 nitrogen and oxygen atoms in total. The van der Waals surface area contributed by atoms with Gasteiger partial charge in [0.1, 0.15) is 4.21 Å². The third-order valence-corrected chi connectivity index (χ3v) is 6.24. The Hall–Kier alpha value is -0.650. The van der Waals surface area contributed by atoms with Gasteiger partial charge in [0.25, 0.3) is 10.0 Å². The molecule has 1 aromatic rings. The van der Waals surface area contributed by atoms with Crippen molar-refractivity contribution >= 4 is 21.4 Å². The molecule has 0 N–H and O–H groups in total. The molecule has 0 saturated heterocycles. The predicted octanol–water partition coefficient (Wildman–Crippen LogP) is 3.42. The normalized spacial score (nSPS) is 11.9. The molecular weight excluding hydrogens is 266 g/mol. The van der Waals surface area contributed by atoms with Crippen LogP contribution in [0.4, 0.5) is 0 Å². The zero-order valence-electron chi connectivity index (χ0n) is 11.1. The van der Waals surface area contributed by atoms with E-state index in [1.165, 1.54) is 11.3 Å². The fourth-order valence-corrected chi connectivity index (χ4v) is 4.87. The summed E-state index contributed by atoms with van der Waals surface area (Å²) in [5, 5.41) is 1.83. The Morgan fingerprint density at radius 1 is 1.44 bits per heavy atom. The minimum Gasteiger partial charge on any atom is -0.206 e. The zero-order valence-corrected chi connectivity index (χ0v) is 12.7. The van der Waals surface area contributed by atoms with E-state index in [4.69, 9.17) is 0 Å². The lowest BCUT2D eigenvalue weighted by atomic mass is 10.3. The number of hydrogen-bond donors (Lipinski definition) is 0. The lowest BCUT2D eigenvalue weighted by Gasteiger charge is -2.21. The summed E-state index contributed by atoms with van der Waals surface area (Å²) in [5.41, 5.74) is 0.838. The van der Waals surface area contributed by atoms with Gasteiger partial charge >= 0.3 is 0 Å². The van der Waals surface area contributed by atoms with Crippen LogP contribution in [0, 0.1) is 6.92 Å². The SMILES string of the molecule is C=CCCCN(CCC)S(=O)(=O)c1sccc1C. The highest BCUT2D eigenvalue weighted by molar-refractivity contribution is 7.91. The number of thiophene rings is 1. The Labute approximate surface area is 114 Å². The van der Waals surface area contributed by atoms with Gasteiger partial charge in [-0.2, -0.15) is 4.31 Å². The van der Waals surface area contributed by atoms with Crippen LogP contribution in [0.1, 0.15) is 31.7 Å². The number of unbranched alkanes of at least 4 members (excludes halogenated alkanes) is 1. The van der Waals surface area contributed by atoms with E-state index in [1.54, 1.807) is 4.31 Å². The van der Waals surface area contributed by atoms with E-state index in [0.717, 1.165) is 24.8 Å². The van der Waals surface area contributed by atoms with E-state index in [2.05, 4.69) is 6.58 Å². The molecule has 0 aliphatic heterocycles. The Bertz CT molecular complexity index is 477. The first-order valence-corrected chi connectivity index (χ1v) is 8.51. The Balaban J connectivity index is 2.90. The molecule has 0 fully saturated rings. The third-order valence-electron chi connectivity index (χ3n) is 2.68. The molecule has 0 saturated carbocycles. The van der Waals surface area contributed by atoms with E-state index in [1.807, 2.05) is 31.4 Å². The number of rotatable bonds is 8. The standard InChI is InChI=1S/C13H21NO2S2/c1-4-6-7-10-14(9-5-2)18(15,16)13-12(3)8-11-17-13/h4,8,11H,1,5-7,9-10H2,2-3H3. The van der Waals surface area contributed by atoms with Crippen LogP contribution in [0.5, 0.6) is 0 Å². The molecule has 102 valence electrons. The van der Waals surface area contributed by atoms with E-state index >= 15 is 0 Å². The van der Waals surface area contributed by atoms with Crippen molar-refractivity contribution in [2.45, 2.75) is 37.3 Å². The average molecular weight is 287 g/mol. The van der Waals surface area contributed by atoms with Gasteiger partial charge < -0.3 is 0 Å². The number of allylic oxidation sites excluding steroid dienone is 1. The molecule has 0 spiro atoms. The summed E-state index contributed by atoms with van der Waals surface area (Å²) >= 11 is 1.30. The van der Waals surface area contributed by atoms with Crippen LogP contribution in [0.2, 0.25) is 0 Å². The van der Waals surface area contributed by atoms with Crippen LogP contribution in [0.25, 0.3) is 0 Å². The van der Waals surface area contributed by atoms with Crippen LogP contribution in [-0.4, -0.2) is 25.8 Å². The molecule has 0 aliphatic rings. The molecular formula is C13H21NO2S2. The summed E-state index contributed by atoms with van der Waals surface area (Å²) in [6.45, 7) is 8.65. The van der Waals surface area contributed by atoms with Gasteiger partial charge in [-0.25, -0.2) is 8.42 Å². The van der Waals surface area contributed by atoms with Crippen molar-refractivity contribution in [2.24, 2.45) is 0 Å². The largest absolute Gasteiger partial charge is 0.252 e. The molecule has 1 heterocycles. The molecule has 0 bridgehead atoms. The second-order valence-corrected chi connectivity index (χ2v) is 7.28. The van der Waals surface area contributed by atoms with Crippen LogP contribution in [0.3, 0.4) is 0 Å². The van der Waals surface area contributed by atoms with E-state index < -0.39 is 10.0 Å². The van der Waals surface area contributed by atoms with Crippen LogP contribution in [-0.2, 0) is 10.0 Å². The van der Waals surface area contributed by atoms with Crippen molar-refractivity contribution in [3.05, 3.63) is 29.7 Å². The summed E-state index contributed by atoms with van der Waals surface area (Å²) in [6, 6.07) is 1.85. The predicted molar refractivity (Wildman–Crippen MR) is 77.5 cm³/mol. The van der Waals surface area contributed by atoms with Crippen molar-refractivity contribution < 1.29 is 8.42 Å². The van der Waals surface area contributed by atoms with E-state index in [-0.39, 0.29) is 0 Å². The quantitative estimate of drug-likeness (QED) is 0.542. The maximum absolute atomic E-state index is 12.5. The topological polar surface area (TPSA) is 37.4 Å². The van der Waals surface area contributed by atoms with Gasteiger partial charge in [-0.15, -0.1) is 17.9 Å². The molecule has 0 unspecified atom stereocenters. The van der Waals surface area contributed by atoms with Gasteiger partial charge in [0.15, 0.2) is 0 Å². The van der Waals surface area contributed by atoms with E-state index in [9.17, 15) is 8.42 Å². The maximum Gasteiger partial charge on any atom is 0.252 e. The minimum absolute atomic E-state index is 0.481. The molecule has 5 heteroatoms. The molecule has 18 heavy (non-hydrogen) atoms. The first kappa shape index (κ1) is 15.4. The van der Waals surface area contributed by atoms with Crippen molar-refractivity contribution in [3.8, 4) is 0 Å². The van der Waals surface area contributed by atoms with E-state index in [0.29, 0.717) is 17.3 Å². The average Bonchev–Trinajstić information content (AvgIpc) is 2.75. The summed E-state index contributed by atoms with van der Waals surface area (Å²) in [5.74, 6) is 0. The van der Waals surface area contributed by atoms with Crippen LogP contribution >= 0.6 is 11.3 Å². The fourth-order valence-electron chi connectivity index (χ4n) is 1.75. The molecule has 0 atom stereocenters. The monoisotopic (exact) mass is 287 g/mol. The molecule has 1 aromatic heterocycles. The second kappa shape index (κ2) is 7.07. The highest BCUT2D eigenvalue weighted by atomic mass is 32.2. The van der Waals surface area contributed by atoms with Gasteiger partial charge in [0.2, 0.25) is 0 Å². The Morgan fingerprint density at radius 2 is 2.17 bits per heavy atom. The smallest absolute Gasteiger partial charge is 0.206 e. The molecule has 0 amide bonds. The Kier molecular flexibility index (Phi) is 6.05. The maximum atomic E-state index is 12.5. The van der Waals surface area contributed by atoms with Gasteiger partial charge in [0.05, 0.1) is 0 Å². The molecule has 1 rings (SSSR count). The van der Waals surface area contributed by atoms with Gasteiger partial charge in [0, 0.05) is 13.1 Å². The lowest BCUT2D eigenvalue weighted by molar-refractivity contribution is 0.406. The van der Waals surface area contributed by atoms with Crippen LogP contribution < -0.4 is 0 Å². The highest BCUT2D eigenvalue weighted by Crippen LogP contribution is 2.25. The van der Waals surface area contributed by atoms with Crippen molar-refractivity contribution in [1.82, 2.24) is 4.31 Å². The summed E-state index contributed by atoms with van der Waals surface area (Å²) in [4.78, 5) is 0. The lowest BCUT2D eigenvalue weighted by Crippen LogP contribution is -2.32. The number of nitrogens with zero attached hydrogens (tertiary/aromatic N) is 1. The fraction of sp³-hybridized carbons (Fsp3) is 0.538. The first-order valence-electron chi connectivity index (χ1n) is 6.19. The summed E-state index contributed by atoms with van der Waals surface area (Å²) in [7, 11) is -3.31. The van der Waals surface area contributed by atoms with Crippen LogP contribution in [0.15, 0.2) is 28.3 Å². The van der Waals surface area contributed by atoms with Crippen molar-refractivity contribution in [3.63, 3.8) is 0 Å². The van der Waals surface area contributed by atoms with Gasteiger partial charge in [-0.05, 0) is 43.2 Å². The first-order chi connectivity index (χ1) is 8.54. The highest BCUT2D eigenvalue weighted by Gasteiger charge is 2.25. The summed E-state index contributed by atoms with van der Waals surface area (Å²) < 4.78 is 27.1. The molecule has 0 aromatic carbocycles. The third kappa shape index (κ3) is 3.67. The number of sulfonamides is 1. The number of aryl methyl sites for hydroxylation is 1. The zero-order chi connectivity index (χ0) is 13.6. The van der Waals surface area contributed by atoms with Gasteiger partial charge in [-0.1, -0.05) is 13.0 Å². The van der Waals surface area contributed by atoms with Crippen molar-refractivity contribution in [2.75, 3.05) is 13.1 Å². The Morgan fingerprint density at radius 3 is 2.67 bits per heavy atom.